The second-order valence-corrected chi connectivity index (χ2v) is 3.21. The summed E-state index contributed by atoms with van der Waals surface area (Å²) < 4.78 is 4.92. The van der Waals surface area contributed by atoms with E-state index in [9.17, 15) is 0 Å². The predicted octanol–water partition coefficient (Wildman–Crippen LogP) is 2.49. The molecule has 0 aliphatic heterocycles. The Bertz CT molecular complexity index is 242. The minimum absolute atomic E-state index is 0.349. The third-order valence-electron chi connectivity index (χ3n) is 1.96. The minimum Gasteiger partial charge on any atom is -0.340 e. The first-order valence-corrected chi connectivity index (χ1v) is 4.25. The van der Waals surface area contributed by atoms with Gasteiger partial charge >= 0.3 is 0 Å². The van der Waals surface area contributed by atoms with Crippen LogP contribution >= 0.6 is 0 Å². The third kappa shape index (κ3) is 1.84. The highest BCUT2D eigenvalue weighted by Crippen LogP contribution is 2.26. The zero-order valence-corrected chi connectivity index (χ0v) is 8.09. The molecule has 1 atom stereocenters. The molecule has 0 saturated carbocycles. The van der Waals surface area contributed by atoms with Gasteiger partial charge in [0.1, 0.15) is 5.82 Å². The van der Waals surface area contributed by atoms with Gasteiger partial charge in [-0.05, 0) is 0 Å². The van der Waals surface area contributed by atoms with Gasteiger partial charge in [0.15, 0.2) is 0 Å². The molecule has 1 aromatic rings. The molecule has 68 valence electrons. The molecule has 12 heavy (non-hydrogen) atoms. The quantitative estimate of drug-likeness (QED) is 0.649. The smallest absolute Gasteiger partial charge is 0.223 e. The Kier molecular flexibility index (Phi) is 2.84. The molecule has 0 saturated heterocycles. The predicted molar refractivity (Wildman–Crippen MR) is 46.7 cm³/mol. The maximum Gasteiger partial charge on any atom is 0.223 e. The SMILES string of the molecule is CCC(c1noc(C)n1)[C-](C)C. The second-order valence-electron chi connectivity index (χ2n) is 3.21. The van der Waals surface area contributed by atoms with Gasteiger partial charge in [-0.25, -0.2) is 0 Å². The molecule has 0 fully saturated rings. The van der Waals surface area contributed by atoms with Crippen LogP contribution in [0.5, 0.6) is 0 Å². The van der Waals surface area contributed by atoms with E-state index in [0.29, 0.717) is 11.8 Å². The summed E-state index contributed by atoms with van der Waals surface area (Å²) in [4.78, 5) is 4.20. The topological polar surface area (TPSA) is 38.9 Å². The van der Waals surface area contributed by atoms with E-state index < -0.39 is 0 Å². The van der Waals surface area contributed by atoms with Gasteiger partial charge in [0.05, 0.1) is 0 Å². The fraction of sp³-hybridized carbons (Fsp3) is 0.667. The lowest BCUT2D eigenvalue weighted by atomic mass is 9.93. The van der Waals surface area contributed by atoms with E-state index in [1.54, 1.807) is 0 Å². The average Bonchev–Trinajstić information content (AvgIpc) is 2.37. The zero-order chi connectivity index (χ0) is 9.14. The number of rotatable bonds is 3. The van der Waals surface area contributed by atoms with Crippen molar-refractivity contribution in [2.75, 3.05) is 0 Å². The van der Waals surface area contributed by atoms with Gasteiger partial charge in [0.2, 0.25) is 5.89 Å². The maximum absolute atomic E-state index is 4.92. The van der Waals surface area contributed by atoms with Crippen LogP contribution in [-0.4, -0.2) is 10.1 Å². The molecule has 1 rings (SSSR count). The van der Waals surface area contributed by atoms with Crippen LogP contribution < -0.4 is 0 Å². The first-order valence-electron chi connectivity index (χ1n) is 4.25. The normalized spacial score (nSPS) is 13.8. The van der Waals surface area contributed by atoms with Crippen molar-refractivity contribution in [2.45, 2.75) is 40.0 Å². The molecule has 0 aliphatic rings. The van der Waals surface area contributed by atoms with Crippen molar-refractivity contribution < 1.29 is 4.52 Å². The molecule has 1 heterocycles. The van der Waals surface area contributed by atoms with Crippen molar-refractivity contribution in [3.05, 3.63) is 17.6 Å². The molecular weight excluding hydrogens is 152 g/mol. The average molecular weight is 167 g/mol. The standard InChI is InChI=1S/C9H15N2O/c1-5-8(6(2)3)9-10-7(4)12-11-9/h8H,5H2,1-4H3/q-1. The molecule has 1 unspecified atom stereocenters. The van der Waals surface area contributed by atoms with Crippen LogP contribution in [0.25, 0.3) is 0 Å². The molecule has 0 bridgehead atoms. The van der Waals surface area contributed by atoms with Crippen LogP contribution in [-0.2, 0) is 0 Å². The number of hydrogen-bond donors (Lipinski definition) is 0. The van der Waals surface area contributed by atoms with Crippen molar-refractivity contribution in [2.24, 2.45) is 0 Å². The molecule has 0 aliphatic carbocycles. The molecular formula is C9H15N2O-. The summed E-state index contributed by atoms with van der Waals surface area (Å²) in [5, 5.41) is 3.90. The Morgan fingerprint density at radius 1 is 1.50 bits per heavy atom. The van der Waals surface area contributed by atoms with E-state index >= 15 is 0 Å². The van der Waals surface area contributed by atoms with Gasteiger partial charge in [0, 0.05) is 6.92 Å². The van der Waals surface area contributed by atoms with E-state index in [0.717, 1.165) is 12.2 Å². The Morgan fingerprint density at radius 3 is 2.50 bits per heavy atom. The van der Waals surface area contributed by atoms with Crippen LogP contribution in [0, 0.1) is 12.8 Å². The van der Waals surface area contributed by atoms with Crippen LogP contribution in [0.1, 0.15) is 44.8 Å². The molecule has 0 N–H and O–H groups in total. The van der Waals surface area contributed by atoms with E-state index in [1.807, 2.05) is 6.92 Å². The van der Waals surface area contributed by atoms with Crippen LogP contribution in [0.4, 0.5) is 0 Å². The van der Waals surface area contributed by atoms with E-state index in [1.165, 1.54) is 5.92 Å². The summed E-state index contributed by atoms with van der Waals surface area (Å²) >= 11 is 0. The highest BCUT2D eigenvalue weighted by atomic mass is 16.5. The molecule has 0 aromatic carbocycles. The lowest BCUT2D eigenvalue weighted by molar-refractivity contribution is 0.383. The first kappa shape index (κ1) is 9.23. The van der Waals surface area contributed by atoms with Crippen LogP contribution in [0.2, 0.25) is 0 Å². The number of nitrogens with zero attached hydrogens (tertiary/aromatic N) is 2. The van der Waals surface area contributed by atoms with Gasteiger partial charge in [-0.3, -0.25) is 0 Å². The highest BCUT2D eigenvalue weighted by molar-refractivity contribution is 5.06. The van der Waals surface area contributed by atoms with Gasteiger partial charge < -0.3 is 10.4 Å². The monoisotopic (exact) mass is 167 g/mol. The largest absolute Gasteiger partial charge is 0.340 e. The van der Waals surface area contributed by atoms with Crippen LogP contribution in [0.3, 0.4) is 0 Å². The highest BCUT2D eigenvalue weighted by Gasteiger charge is 2.09. The van der Waals surface area contributed by atoms with Crippen molar-refractivity contribution >= 4 is 0 Å². The Balaban J connectivity index is 2.80. The van der Waals surface area contributed by atoms with Crippen molar-refractivity contribution in [1.29, 1.82) is 0 Å². The lowest BCUT2D eigenvalue weighted by Gasteiger charge is -2.27. The second kappa shape index (κ2) is 3.70. The van der Waals surface area contributed by atoms with E-state index in [-0.39, 0.29) is 0 Å². The molecule has 0 amide bonds. The van der Waals surface area contributed by atoms with E-state index in [4.69, 9.17) is 4.52 Å². The Labute approximate surface area is 73.2 Å². The number of hydrogen-bond acceptors (Lipinski definition) is 3. The van der Waals surface area contributed by atoms with E-state index in [2.05, 4.69) is 30.9 Å². The summed E-state index contributed by atoms with van der Waals surface area (Å²) in [7, 11) is 0. The molecule has 3 nitrogen and oxygen atoms in total. The van der Waals surface area contributed by atoms with Gasteiger partial charge in [-0.15, -0.1) is 5.92 Å². The molecule has 0 radical (unpaired) electrons. The first-order chi connectivity index (χ1) is 5.65. The Hall–Kier alpha value is -0.860. The zero-order valence-electron chi connectivity index (χ0n) is 8.09. The minimum atomic E-state index is 0.349. The van der Waals surface area contributed by atoms with Gasteiger partial charge in [-0.1, -0.05) is 18.5 Å². The van der Waals surface area contributed by atoms with Gasteiger partial charge in [-0.2, -0.15) is 18.8 Å². The number of aromatic nitrogens is 2. The lowest BCUT2D eigenvalue weighted by Crippen LogP contribution is -2.05. The summed E-state index contributed by atoms with van der Waals surface area (Å²) in [5.74, 6) is 3.14. The summed E-state index contributed by atoms with van der Waals surface area (Å²) in [6.45, 7) is 8.14. The Morgan fingerprint density at radius 2 is 2.17 bits per heavy atom. The van der Waals surface area contributed by atoms with Crippen molar-refractivity contribution in [3.63, 3.8) is 0 Å². The van der Waals surface area contributed by atoms with Crippen LogP contribution in [0.15, 0.2) is 4.52 Å². The van der Waals surface area contributed by atoms with Gasteiger partial charge in [0.25, 0.3) is 0 Å². The van der Waals surface area contributed by atoms with Crippen molar-refractivity contribution in [3.8, 4) is 0 Å². The molecule has 1 aromatic heterocycles. The summed E-state index contributed by atoms with van der Waals surface area (Å²) in [6, 6.07) is 0. The fourth-order valence-corrected chi connectivity index (χ4v) is 1.31. The number of aryl methyl sites for hydroxylation is 1. The summed E-state index contributed by atoms with van der Waals surface area (Å²) in [6.07, 6.45) is 1.03. The van der Waals surface area contributed by atoms with Crippen molar-refractivity contribution in [1.82, 2.24) is 10.1 Å². The molecule has 3 heteroatoms. The molecule has 0 spiro atoms. The third-order valence-corrected chi connectivity index (χ3v) is 1.96. The maximum atomic E-state index is 4.92. The fourth-order valence-electron chi connectivity index (χ4n) is 1.31. The summed E-state index contributed by atoms with van der Waals surface area (Å²) in [5.41, 5.74) is 0.